The number of hydrogen-bond donors (Lipinski definition) is 1. The van der Waals surface area contributed by atoms with E-state index in [1.807, 2.05) is 19.3 Å². The maximum Gasteiger partial charge on any atom is 0.0704 e. The number of fused-ring (bicyclic) bond motifs is 1. The van der Waals surface area contributed by atoms with Crippen molar-refractivity contribution in [3.63, 3.8) is 0 Å². The molecule has 0 saturated carbocycles. The van der Waals surface area contributed by atoms with Crippen LogP contribution in [0.1, 0.15) is 29.7 Å². The Hall–Kier alpha value is -2.19. The Kier molecular flexibility index (Phi) is 3.98. The summed E-state index contributed by atoms with van der Waals surface area (Å²) in [6.07, 6.45) is 2.84. The first-order valence-corrected chi connectivity index (χ1v) is 7.37. The van der Waals surface area contributed by atoms with Crippen LogP contribution >= 0.6 is 0 Å². The second kappa shape index (κ2) is 6.06. The lowest BCUT2D eigenvalue weighted by molar-refractivity contribution is 0.646. The van der Waals surface area contributed by atoms with Gasteiger partial charge in [0.25, 0.3) is 0 Å². The normalized spacial score (nSPS) is 12.5. The fourth-order valence-electron chi connectivity index (χ4n) is 2.79. The first-order chi connectivity index (χ1) is 10.3. The van der Waals surface area contributed by atoms with Crippen LogP contribution in [0.25, 0.3) is 10.9 Å². The monoisotopic (exact) mass is 276 g/mol. The summed E-state index contributed by atoms with van der Waals surface area (Å²) >= 11 is 0. The number of nitrogens with one attached hydrogen (secondary N) is 1. The zero-order valence-corrected chi connectivity index (χ0v) is 12.5. The molecule has 21 heavy (non-hydrogen) atoms. The Morgan fingerprint density at radius 3 is 2.57 bits per heavy atom. The fourth-order valence-corrected chi connectivity index (χ4v) is 2.79. The molecule has 0 bridgehead atoms. The van der Waals surface area contributed by atoms with Crippen molar-refractivity contribution in [2.75, 3.05) is 7.05 Å². The molecule has 2 heteroatoms. The Morgan fingerprint density at radius 1 is 0.952 bits per heavy atom. The average Bonchev–Trinajstić information content (AvgIpc) is 2.55. The summed E-state index contributed by atoms with van der Waals surface area (Å²) in [4.78, 5) is 4.44. The molecule has 0 spiro atoms. The minimum Gasteiger partial charge on any atom is -0.313 e. The van der Waals surface area contributed by atoms with Gasteiger partial charge in [0, 0.05) is 17.6 Å². The zero-order chi connectivity index (χ0) is 14.7. The minimum absolute atomic E-state index is 0.356. The summed E-state index contributed by atoms with van der Waals surface area (Å²) < 4.78 is 0. The summed E-state index contributed by atoms with van der Waals surface area (Å²) in [7, 11) is 2.00. The van der Waals surface area contributed by atoms with Gasteiger partial charge in [-0.2, -0.15) is 0 Å². The predicted molar refractivity (Wildman–Crippen MR) is 88.5 cm³/mol. The summed E-state index contributed by atoms with van der Waals surface area (Å²) in [6, 6.07) is 19.5. The van der Waals surface area contributed by atoms with E-state index in [1.165, 1.54) is 22.1 Å². The van der Waals surface area contributed by atoms with Gasteiger partial charge in [-0.3, -0.25) is 4.98 Å². The molecule has 3 rings (SSSR count). The summed E-state index contributed by atoms with van der Waals surface area (Å²) in [6.45, 7) is 2.20. The molecule has 0 saturated heterocycles. The van der Waals surface area contributed by atoms with Gasteiger partial charge in [0.2, 0.25) is 0 Å². The third-order valence-corrected chi connectivity index (χ3v) is 4.07. The molecule has 106 valence electrons. The van der Waals surface area contributed by atoms with Gasteiger partial charge in [0.05, 0.1) is 5.52 Å². The van der Waals surface area contributed by atoms with E-state index < -0.39 is 0 Å². The molecular weight excluding hydrogens is 256 g/mol. The minimum atomic E-state index is 0.356. The lowest BCUT2D eigenvalue weighted by Gasteiger charge is -2.16. The van der Waals surface area contributed by atoms with Gasteiger partial charge in [0.15, 0.2) is 0 Å². The van der Waals surface area contributed by atoms with Gasteiger partial charge in [0.1, 0.15) is 0 Å². The standard InChI is InChI=1S/C19H20N2/c1-14(20-2)17-8-4-3-7-15(17)13-16-11-12-21-19-10-6-5-9-18(16)19/h3-12,14,20H,13H2,1-2H3. The van der Waals surface area contributed by atoms with E-state index in [0.29, 0.717) is 6.04 Å². The van der Waals surface area contributed by atoms with E-state index in [-0.39, 0.29) is 0 Å². The fraction of sp³-hybridized carbons (Fsp3) is 0.211. The van der Waals surface area contributed by atoms with Gasteiger partial charge in [-0.25, -0.2) is 0 Å². The highest BCUT2D eigenvalue weighted by Crippen LogP contribution is 2.24. The van der Waals surface area contributed by atoms with Crippen molar-refractivity contribution in [1.82, 2.24) is 10.3 Å². The summed E-state index contributed by atoms with van der Waals surface area (Å²) in [5.74, 6) is 0. The van der Waals surface area contributed by atoms with E-state index >= 15 is 0 Å². The Labute approximate surface area is 125 Å². The maximum absolute atomic E-state index is 4.44. The molecule has 1 aromatic heterocycles. The SMILES string of the molecule is CNC(C)c1ccccc1Cc1ccnc2ccccc12. The van der Waals surface area contributed by atoms with Crippen molar-refractivity contribution >= 4 is 10.9 Å². The van der Waals surface area contributed by atoms with Crippen LogP contribution in [0.4, 0.5) is 0 Å². The summed E-state index contributed by atoms with van der Waals surface area (Å²) in [5, 5.41) is 4.57. The second-order valence-electron chi connectivity index (χ2n) is 5.37. The number of para-hydroxylation sites is 1. The molecular formula is C19H20N2. The van der Waals surface area contributed by atoms with Crippen LogP contribution in [0.5, 0.6) is 0 Å². The Bertz CT molecular complexity index is 744. The van der Waals surface area contributed by atoms with Crippen molar-refractivity contribution in [3.05, 3.63) is 77.5 Å². The molecule has 0 radical (unpaired) electrons. The molecule has 3 aromatic rings. The third-order valence-electron chi connectivity index (χ3n) is 4.07. The van der Waals surface area contributed by atoms with Crippen LogP contribution in [0.3, 0.4) is 0 Å². The number of nitrogens with zero attached hydrogens (tertiary/aromatic N) is 1. The molecule has 2 aromatic carbocycles. The molecule has 1 unspecified atom stereocenters. The van der Waals surface area contributed by atoms with E-state index in [1.54, 1.807) is 0 Å². The van der Waals surface area contributed by atoms with Crippen molar-refractivity contribution in [1.29, 1.82) is 0 Å². The van der Waals surface area contributed by atoms with Crippen molar-refractivity contribution in [2.24, 2.45) is 0 Å². The number of hydrogen-bond acceptors (Lipinski definition) is 2. The average molecular weight is 276 g/mol. The Balaban J connectivity index is 2.03. The van der Waals surface area contributed by atoms with E-state index in [9.17, 15) is 0 Å². The largest absolute Gasteiger partial charge is 0.313 e. The van der Waals surface area contributed by atoms with Crippen LogP contribution in [0.15, 0.2) is 60.8 Å². The lowest BCUT2D eigenvalue weighted by Crippen LogP contribution is -2.14. The first kappa shape index (κ1) is 13.8. The van der Waals surface area contributed by atoms with Gasteiger partial charge in [-0.05, 0) is 49.2 Å². The van der Waals surface area contributed by atoms with Crippen LogP contribution in [-0.4, -0.2) is 12.0 Å². The van der Waals surface area contributed by atoms with E-state index in [4.69, 9.17) is 0 Å². The van der Waals surface area contributed by atoms with E-state index in [2.05, 4.69) is 65.8 Å². The maximum atomic E-state index is 4.44. The van der Waals surface area contributed by atoms with Crippen molar-refractivity contribution in [2.45, 2.75) is 19.4 Å². The molecule has 1 atom stereocenters. The van der Waals surface area contributed by atoms with Crippen LogP contribution in [0, 0.1) is 0 Å². The highest BCUT2D eigenvalue weighted by Gasteiger charge is 2.10. The molecule has 1 heterocycles. The number of aromatic nitrogens is 1. The lowest BCUT2D eigenvalue weighted by atomic mass is 9.94. The first-order valence-electron chi connectivity index (χ1n) is 7.37. The molecule has 2 nitrogen and oxygen atoms in total. The highest BCUT2D eigenvalue weighted by atomic mass is 14.9. The van der Waals surface area contributed by atoms with Gasteiger partial charge in [-0.15, -0.1) is 0 Å². The third kappa shape index (κ3) is 2.81. The number of pyridine rings is 1. The summed E-state index contributed by atoms with van der Waals surface area (Å²) in [5.41, 5.74) is 5.13. The number of rotatable bonds is 4. The molecule has 0 amide bonds. The second-order valence-corrected chi connectivity index (χ2v) is 5.37. The molecule has 0 fully saturated rings. The van der Waals surface area contributed by atoms with Crippen LogP contribution < -0.4 is 5.32 Å². The van der Waals surface area contributed by atoms with Gasteiger partial charge >= 0.3 is 0 Å². The quantitative estimate of drug-likeness (QED) is 0.776. The topological polar surface area (TPSA) is 24.9 Å². The molecule has 0 aliphatic carbocycles. The predicted octanol–water partition coefficient (Wildman–Crippen LogP) is 4.11. The molecule has 1 N–H and O–H groups in total. The highest BCUT2D eigenvalue weighted by molar-refractivity contribution is 5.82. The zero-order valence-electron chi connectivity index (χ0n) is 12.5. The van der Waals surface area contributed by atoms with Crippen LogP contribution in [0.2, 0.25) is 0 Å². The van der Waals surface area contributed by atoms with Crippen LogP contribution in [-0.2, 0) is 6.42 Å². The molecule has 0 aliphatic rings. The van der Waals surface area contributed by atoms with Crippen molar-refractivity contribution < 1.29 is 0 Å². The van der Waals surface area contributed by atoms with E-state index in [0.717, 1.165) is 11.9 Å². The van der Waals surface area contributed by atoms with Crippen molar-refractivity contribution in [3.8, 4) is 0 Å². The smallest absolute Gasteiger partial charge is 0.0704 e. The molecule has 0 aliphatic heterocycles. The van der Waals surface area contributed by atoms with Gasteiger partial charge < -0.3 is 5.32 Å². The number of benzene rings is 2. The van der Waals surface area contributed by atoms with Gasteiger partial charge in [-0.1, -0.05) is 42.5 Å². The Morgan fingerprint density at radius 2 is 1.71 bits per heavy atom.